The molecule has 186 valence electrons. The number of benzene rings is 2. The number of carbonyl (C=O) groups is 2. The van der Waals surface area contributed by atoms with Gasteiger partial charge in [0.15, 0.2) is 11.6 Å². The third kappa shape index (κ3) is 4.60. The van der Waals surface area contributed by atoms with Crippen LogP contribution in [0.2, 0.25) is 0 Å². The summed E-state index contributed by atoms with van der Waals surface area (Å²) in [5.74, 6) is -2.31. The first-order valence-corrected chi connectivity index (χ1v) is 11.7. The van der Waals surface area contributed by atoms with E-state index in [0.717, 1.165) is 60.6 Å². The molecule has 0 saturated carbocycles. The third-order valence-corrected chi connectivity index (χ3v) is 7.08. The third-order valence-electron chi connectivity index (χ3n) is 7.08. The zero-order valence-corrected chi connectivity index (χ0v) is 19.1. The monoisotopic (exact) mass is 489 g/mol. The number of ether oxygens (including phenoxy) is 2. The molecule has 2 aromatic rings. The molecule has 5 rings (SSSR count). The summed E-state index contributed by atoms with van der Waals surface area (Å²) >= 11 is 0. The SMILES string of the molecule is O=C(NCCCN1CCC2(CC1)OCc1ccc(F)cc12)N1C(=O)OCC1c1ccc(F)c(F)c1. The lowest BCUT2D eigenvalue weighted by Crippen LogP contribution is -2.44. The Morgan fingerprint density at radius 1 is 1.09 bits per heavy atom. The van der Waals surface area contributed by atoms with Crippen LogP contribution in [0, 0.1) is 17.5 Å². The van der Waals surface area contributed by atoms with E-state index < -0.39 is 35.4 Å². The molecule has 0 radical (unpaired) electrons. The number of nitrogens with one attached hydrogen (secondary N) is 1. The van der Waals surface area contributed by atoms with Crippen LogP contribution in [-0.4, -0.2) is 54.7 Å². The fourth-order valence-corrected chi connectivity index (χ4v) is 5.14. The Bertz CT molecular complexity index is 1140. The summed E-state index contributed by atoms with van der Waals surface area (Å²) in [5.41, 5.74) is 1.86. The number of halogens is 3. The first-order chi connectivity index (χ1) is 16.9. The fraction of sp³-hybridized carbons (Fsp3) is 0.440. The molecule has 2 saturated heterocycles. The van der Waals surface area contributed by atoms with Crippen LogP contribution in [-0.2, 0) is 21.7 Å². The summed E-state index contributed by atoms with van der Waals surface area (Å²) in [6.07, 6.45) is 1.37. The highest BCUT2D eigenvalue weighted by molar-refractivity contribution is 5.92. The zero-order chi connectivity index (χ0) is 24.6. The van der Waals surface area contributed by atoms with E-state index in [-0.39, 0.29) is 18.0 Å². The van der Waals surface area contributed by atoms with Crippen LogP contribution in [0.25, 0.3) is 0 Å². The molecule has 3 aliphatic rings. The molecule has 10 heteroatoms. The van der Waals surface area contributed by atoms with Crippen LogP contribution in [0.5, 0.6) is 0 Å². The number of carbonyl (C=O) groups excluding carboxylic acids is 2. The number of imide groups is 1. The lowest BCUT2D eigenvalue weighted by Gasteiger charge is -2.39. The number of piperidine rings is 1. The van der Waals surface area contributed by atoms with Crippen LogP contribution >= 0.6 is 0 Å². The van der Waals surface area contributed by atoms with Gasteiger partial charge in [-0.15, -0.1) is 0 Å². The van der Waals surface area contributed by atoms with Gasteiger partial charge in [-0.3, -0.25) is 0 Å². The van der Waals surface area contributed by atoms with E-state index in [1.165, 1.54) is 12.1 Å². The molecule has 2 aromatic carbocycles. The van der Waals surface area contributed by atoms with Crippen molar-refractivity contribution in [2.24, 2.45) is 0 Å². The fourth-order valence-electron chi connectivity index (χ4n) is 5.14. The lowest BCUT2D eigenvalue weighted by atomic mass is 9.83. The molecule has 1 atom stereocenters. The number of cyclic esters (lactones) is 1. The van der Waals surface area contributed by atoms with E-state index in [2.05, 4.69) is 10.2 Å². The summed E-state index contributed by atoms with van der Waals surface area (Å²) in [7, 11) is 0. The van der Waals surface area contributed by atoms with E-state index in [1.807, 2.05) is 0 Å². The molecule has 1 N–H and O–H groups in total. The van der Waals surface area contributed by atoms with Crippen molar-refractivity contribution in [2.45, 2.75) is 37.5 Å². The number of urea groups is 1. The van der Waals surface area contributed by atoms with Gasteiger partial charge in [0.1, 0.15) is 18.5 Å². The minimum Gasteiger partial charge on any atom is -0.446 e. The van der Waals surface area contributed by atoms with Crippen molar-refractivity contribution in [1.82, 2.24) is 15.1 Å². The largest absolute Gasteiger partial charge is 0.446 e. The number of hydrogen-bond acceptors (Lipinski definition) is 5. The van der Waals surface area contributed by atoms with Gasteiger partial charge in [-0.1, -0.05) is 12.1 Å². The molecule has 3 amide bonds. The molecule has 7 nitrogen and oxygen atoms in total. The van der Waals surface area contributed by atoms with Gasteiger partial charge in [-0.25, -0.2) is 27.7 Å². The van der Waals surface area contributed by atoms with Crippen molar-refractivity contribution in [3.63, 3.8) is 0 Å². The molecule has 2 fully saturated rings. The zero-order valence-electron chi connectivity index (χ0n) is 19.1. The molecule has 1 unspecified atom stereocenters. The van der Waals surface area contributed by atoms with Gasteiger partial charge in [-0.2, -0.15) is 0 Å². The number of likely N-dealkylation sites (tertiary alicyclic amines) is 1. The Morgan fingerprint density at radius 2 is 1.89 bits per heavy atom. The van der Waals surface area contributed by atoms with Gasteiger partial charge >= 0.3 is 12.1 Å². The summed E-state index contributed by atoms with van der Waals surface area (Å²) < 4.78 is 51.7. The minimum atomic E-state index is -1.05. The molecular weight excluding hydrogens is 463 g/mol. The highest BCUT2D eigenvalue weighted by Gasteiger charge is 2.43. The topological polar surface area (TPSA) is 71.1 Å². The van der Waals surface area contributed by atoms with Gasteiger partial charge < -0.3 is 19.7 Å². The van der Waals surface area contributed by atoms with E-state index in [4.69, 9.17) is 9.47 Å². The summed E-state index contributed by atoms with van der Waals surface area (Å²) in [6.45, 7) is 3.04. The summed E-state index contributed by atoms with van der Waals surface area (Å²) in [4.78, 5) is 27.9. The molecule has 35 heavy (non-hydrogen) atoms. The van der Waals surface area contributed by atoms with Crippen molar-refractivity contribution >= 4 is 12.1 Å². The first-order valence-electron chi connectivity index (χ1n) is 11.7. The highest BCUT2D eigenvalue weighted by atomic mass is 19.2. The molecule has 0 bridgehead atoms. The molecule has 3 heterocycles. The Balaban J connectivity index is 1.10. The van der Waals surface area contributed by atoms with E-state index in [1.54, 1.807) is 12.1 Å². The second kappa shape index (κ2) is 9.50. The highest BCUT2D eigenvalue weighted by Crippen LogP contribution is 2.44. The van der Waals surface area contributed by atoms with Crippen LogP contribution in [0.4, 0.5) is 22.8 Å². The number of fused-ring (bicyclic) bond motifs is 2. The maximum atomic E-state index is 13.8. The molecular formula is C25H26F3N3O4. The predicted molar refractivity (Wildman–Crippen MR) is 119 cm³/mol. The van der Waals surface area contributed by atoms with Gasteiger partial charge in [-0.05, 0) is 66.8 Å². The number of nitrogens with zero attached hydrogens (tertiary/aromatic N) is 2. The number of rotatable bonds is 5. The molecule has 3 aliphatic heterocycles. The van der Waals surface area contributed by atoms with Crippen molar-refractivity contribution in [3.8, 4) is 0 Å². The maximum Gasteiger partial charge on any atom is 0.418 e. The predicted octanol–water partition coefficient (Wildman–Crippen LogP) is 4.22. The Labute approximate surface area is 200 Å². The van der Waals surface area contributed by atoms with Gasteiger partial charge in [0.2, 0.25) is 0 Å². The van der Waals surface area contributed by atoms with E-state index >= 15 is 0 Å². The average molecular weight is 489 g/mol. The maximum absolute atomic E-state index is 13.8. The van der Waals surface area contributed by atoms with E-state index in [0.29, 0.717) is 19.6 Å². The molecule has 0 aromatic heterocycles. The van der Waals surface area contributed by atoms with Gasteiger partial charge in [0, 0.05) is 19.6 Å². The van der Waals surface area contributed by atoms with E-state index in [9.17, 15) is 22.8 Å². The van der Waals surface area contributed by atoms with Gasteiger partial charge in [0.25, 0.3) is 0 Å². The number of amides is 3. The van der Waals surface area contributed by atoms with Gasteiger partial charge in [0.05, 0.1) is 12.2 Å². The Kier molecular flexibility index (Phi) is 6.41. The molecule has 1 spiro atoms. The number of hydrogen-bond donors (Lipinski definition) is 1. The summed E-state index contributed by atoms with van der Waals surface area (Å²) in [6, 6.07) is 6.63. The molecule has 0 aliphatic carbocycles. The van der Waals surface area contributed by atoms with Crippen molar-refractivity contribution in [1.29, 1.82) is 0 Å². The quantitative estimate of drug-likeness (QED) is 0.637. The Hall–Kier alpha value is -3.11. The van der Waals surface area contributed by atoms with Crippen LogP contribution in [0.1, 0.15) is 42.0 Å². The average Bonchev–Trinajstić information content (AvgIpc) is 3.40. The van der Waals surface area contributed by atoms with Crippen molar-refractivity contribution in [2.75, 3.05) is 32.8 Å². The lowest BCUT2D eigenvalue weighted by molar-refractivity contribution is -0.0788. The normalized spacial score (nSPS) is 21.3. The smallest absolute Gasteiger partial charge is 0.418 e. The Morgan fingerprint density at radius 3 is 2.66 bits per heavy atom. The van der Waals surface area contributed by atoms with Crippen LogP contribution in [0.3, 0.4) is 0 Å². The van der Waals surface area contributed by atoms with Crippen molar-refractivity contribution in [3.05, 3.63) is 70.5 Å². The van der Waals surface area contributed by atoms with Crippen LogP contribution in [0.15, 0.2) is 36.4 Å². The van der Waals surface area contributed by atoms with Crippen LogP contribution < -0.4 is 5.32 Å². The second-order valence-electron chi connectivity index (χ2n) is 9.15. The summed E-state index contributed by atoms with van der Waals surface area (Å²) in [5, 5.41) is 2.71. The standard InChI is InChI=1S/C25H26F3N3O4/c26-18-4-2-17-14-35-25(19(17)13-18)6-10-30(11-7-25)9-1-8-29-23(32)31-22(15-34-24(31)33)16-3-5-20(27)21(28)12-16/h2-5,12-13,22H,1,6-11,14-15H2,(H,29,32). The second-order valence-corrected chi connectivity index (χ2v) is 9.15. The first kappa shape index (κ1) is 23.6. The van der Waals surface area contributed by atoms with Crippen molar-refractivity contribution < 1.29 is 32.2 Å². The minimum absolute atomic E-state index is 0.123.